The topological polar surface area (TPSA) is 115 Å². The molecule has 0 amide bonds. The molecule has 5 aliphatic heterocycles. The number of halogens is 6. The van der Waals surface area contributed by atoms with Gasteiger partial charge in [-0.05, 0) is 64.1 Å². The zero-order valence-corrected chi connectivity index (χ0v) is 26.3. The standard InChI is InChI=1S/C32H34F6N8O2/c1-14-8-18(39)41-23(20(14)32(36,37)38)24-21(33)22-19-26(46-9-16-4-5-17(40-16)25(46)15(2)48-27(19)42-24)44-28(43-22)47-13-30-6-3-7-45(30)12-29(10-30)11-31(29,34)35/h8,15-17,25,40H,3-7,9-13H2,1-2H3,(H2,39,41)/t15-,16+,17-,25?,29?,30-/m0/s1. The molecule has 6 atom stereocenters. The van der Waals surface area contributed by atoms with Crippen molar-refractivity contribution in [3.63, 3.8) is 0 Å². The molecule has 4 saturated heterocycles. The van der Waals surface area contributed by atoms with Gasteiger partial charge in [-0.25, -0.2) is 23.1 Å². The monoisotopic (exact) mass is 676 g/mol. The largest absolute Gasteiger partial charge is 0.472 e. The first-order chi connectivity index (χ1) is 22.7. The molecule has 48 heavy (non-hydrogen) atoms. The summed E-state index contributed by atoms with van der Waals surface area (Å²) in [5.74, 6) is -3.92. The Hall–Kier alpha value is -3.66. The Morgan fingerprint density at radius 3 is 2.67 bits per heavy atom. The molecule has 1 aliphatic carbocycles. The molecule has 0 radical (unpaired) electrons. The summed E-state index contributed by atoms with van der Waals surface area (Å²) < 4.78 is 102. The highest BCUT2D eigenvalue weighted by molar-refractivity contribution is 5.97. The molecule has 16 heteroatoms. The van der Waals surface area contributed by atoms with Gasteiger partial charge in [0.15, 0.2) is 5.82 Å². The molecular weight excluding hydrogens is 642 g/mol. The maximum absolute atomic E-state index is 16.8. The number of nitrogen functional groups attached to an aromatic ring is 1. The minimum Gasteiger partial charge on any atom is -0.472 e. The van der Waals surface area contributed by atoms with Crippen molar-refractivity contribution < 1.29 is 35.8 Å². The quantitative estimate of drug-likeness (QED) is 0.371. The van der Waals surface area contributed by atoms with Gasteiger partial charge in [0.2, 0.25) is 5.88 Å². The van der Waals surface area contributed by atoms with Gasteiger partial charge in [-0.1, -0.05) is 0 Å². The molecule has 3 aromatic rings. The van der Waals surface area contributed by atoms with E-state index in [0.29, 0.717) is 25.3 Å². The number of fused-ring (bicyclic) bond motifs is 6. The van der Waals surface area contributed by atoms with Gasteiger partial charge in [-0.2, -0.15) is 23.1 Å². The number of alkyl halides is 5. The van der Waals surface area contributed by atoms with Crippen LogP contribution in [0.2, 0.25) is 0 Å². The van der Waals surface area contributed by atoms with Crippen LogP contribution in [-0.4, -0.2) is 86.8 Å². The lowest BCUT2D eigenvalue weighted by Gasteiger charge is -2.42. The smallest absolute Gasteiger partial charge is 0.418 e. The van der Waals surface area contributed by atoms with Crippen molar-refractivity contribution in [1.82, 2.24) is 30.2 Å². The second kappa shape index (κ2) is 9.73. The molecule has 10 nitrogen and oxygen atoms in total. The third-order valence-electron chi connectivity index (χ3n) is 11.6. The predicted molar refractivity (Wildman–Crippen MR) is 161 cm³/mol. The van der Waals surface area contributed by atoms with Crippen molar-refractivity contribution in [2.75, 3.05) is 36.9 Å². The highest BCUT2D eigenvalue weighted by Crippen LogP contribution is 2.69. The number of anilines is 2. The molecule has 8 heterocycles. The summed E-state index contributed by atoms with van der Waals surface area (Å²) in [5.41, 5.74) is 0.934. The van der Waals surface area contributed by atoms with E-state index in [2.05, 4.69) is 25.2 Å². The molecule has 2 bridgehead atoms. The third-order valence-corrected chi connectivity index (χ3v) is 11.6. The van der Waals surface area contributed by atoms with Crippen molar-refractivity contribution in [2.45, 2.75) is 94.2 Å². The van der Waals surface area contributed by atoms with Crippen LogP contribution in [0, 0.1) is 18.2 Å². The van der Waals surface area contributed by atoms with Gasteiger partial charge in [0.05, 0.1) is 22.6 Å². The van der Waals surface area contributed by atoms with Gasteiger partial charge in [0.1, 0.15) is 46.6 Å². The first-order valence-corrected chi connectivity index (χ1v) is 16.4. The number of hydrogen-bond acceptors (Lipinski definition) is 10. The molecule has 1 spiro atoms. The molecule has 6 aliphatic rings. The number of nitrogens with zero attached hydrogens (tertiary/aromatic N) is 6. The van der Waals surface area contributed by atoms with Crippen LogP contribution < -0.4 is 25.4 Å². The molecule has 5 fully saturated rings. The Morgan fingerprint density at radius 1 is 1.12 bits per heavy atom. The van der Waals surface area contributed by atoms with Crippen molar-refractivity contribution in [1.29, 1.82) is 0 Å². The number of nitrogens with two attached hydrogens (primary N) is 1. The fourth-order valence-corrected chi connectivity index (χ4v) is 9.39. The number of ether oxygens (including phenoxy) is 2. The minimum atomic E-state index is -4.90. The van der Waals surface area contributed by atoms with E-state index in [-0.39, 0.29) is 78.3 Å². The molecule has 1 saturated carbocycles. The normalized spacial score (nSPS) is 33.1. The van der Waals surface area contributed by atoms with Crippen LogP contribution >= 0.6 is 0 Å². The average Bonchev–Trinajstić information content (AvgIpc) is 3.32. The van der Waals surface area contributed by atoms with Gasteiger partial charge in [-0.3, -0.25) is 4.90 Å². The summed E-state index contributed by atoms with van der Waals surface area (Å²) in [6.07, 6.45) is -2.02. The van der Waals surface area contributed by atoms with Crippen LogP contribution in [0.4, 0.5) is 38.0 Å². The lowest BCUT2D eigenvalue weighted by Crippen LogP contribution is -2.62. The molecule has 2 unspecified atom stereocenters. The highest BCUT2D eigenvalue weighted by Gasteiger charge is 2.77. The lowest BCUT2D eigenvalue weighted by molar-refractivity contribution is -0.137. The summed E-state index contributed by atoms with van der Waals surface area (Å²) in [7, 11) is 0. The van der Waals surface area contributed by atoms with E-state index in [4.69, 9.17) is 20.2 Å². The van der Waals surface area contributed by atoms with E-state index in [0.717, 1.165) is 25.3 Å². The summed E-state index contributed by atoms with van der Waals surface area (Å²) in [5, 5.41) is 3.72. The van der Waals surface area contributed by atoms with E-state index in [1.54, 1.807) is 0 Å². The van der Waals surface area contributed by atoms with Crippen LogP contribution in [0.1, 0.15) is 56.6 Å². The van der Waals surface area contributed by atoms with Gasteiger partial charge >= 0.3 is 12.2 Å². The van der Waals surface area contributed by atoms with Gasteiger partial charge in [0.25, 0.3) is 5.92 Å². The number of rotatable bonds is 4. The Kier molecular flexibility index (Phi) is 6.17. The number of nitrogens with one attached hydrogen (secondary N) is 1. The zero-order valence-electron chi connectivity index (χ0n) is 26.3. The number of aryl methyl sites for hydroxylation is 1. The van der Waals surface area contributed by atoms with E-state index >= 15 is 4.39 Å². The van der Waals surface area contributed by atoms with Crippen LogP contribution in [0.5, 0.6) is 11.9 Å². The molecule has 9 rings (SSSR count). The second-order valence-electron chi connectivity index (χ2n) is 14.6. The third kappa shape index (κ3) is 4.26. The van der Waals surface area contributed by atoms with Crippen molar-refractivity contribution in [2.24, 2.45) is 5.41 Å². The van der Waals surface area contributed by atoms with Crippen LogP contribution in [0.15, 0.2) is 6.07 Å². The number of piperazine rings is 1. The van der Waals surface area contributed by atoms with Crippen molar-refractivity contribution in [3.05, 3.63) is 23.0 Å². The fraction of sp³-hybridized carbons (Fsp3) is 0.625. The Morgan fingerprint density at radius 2 is 1.92 bits per heavy atom. The summed E-state index contributed by atoms with van der Waals surface area (Å²) >= 11 is 0. The summed E-state index contributed by atoms with van der Waals surface area (Å²) in [4.78, 5) is 21.6. The Bertz CT molecular complexity index is 1880. The van der Waals surface area contributed by atoms with Crippen LogP contribution in [-0.2, 0) is 6.18 Å². The Balaban J connectivity index is 1.21. The SMILES string of the molecule is Cc1cc(N)nc(-c2nc3c4c(nc(OC[C@@]56CCCN5CC5(CC5(F)F)C6)nc4c2F)N2C[C@H]4CC[C@H](N4)C2[C@H](C)O3)c1C(F)(F)F. The Labute approximate surface area is 271 Å². The molecule has 3 aromatic heterocycles. The first-order valence-electron chi connectivity index (χ1n) is 16.4. The van der Waals surface area contributed by atoms with Crippen molar-refractivity contribution in [3.8, 4) is 23.3 Å². The number of hydrogen-bond donors (Lipinski definition) is 2. The summed E-state index contributed by atoms with van der Waals surface area (Å²) in [6.45, 7) is 4.56. The number of pyridine rings is 2. The van der Waals surface area contributed by atoms with E-state index in [9.17, 15) is 22.0 Å². The lowest BCUT2D eigenvalue weighted by atomic mass is 9.89. The zero-order chi connectivity index (χ0) is 33.5. The maximum Gasteiger partial charge on any atom is 0.418 e. The number of aromatic nitrogens is 4. The minimum absolute atomic E-state index is 0.0134. The molecule has 0 aromatic carbocycles. The van der Waals surface area contributed by atoms with Crippen LogP contribution in [0.25, 0.3) is 22.3 Å². The first kappa shape index (κ1) is 30.4. The molecular formula is C32H34F6N8O2. The fourth-order valence-electron chi connectivity index (χ4n) is 9.39. The van der Waals surface area contributed by atoms with E-state index in [1.807, 2.05) is 11.8 Å². The maximum atomic E-state index is 16.8. The van der Waals surface area contributed by atoms with Gasteiger partial charge in [-0.15, -0.1) is 0 Å². The van der Waals surface area contributed by atoms with Gasteiger partial charge < -0.3 is 25.4 Å². The van der Waals surface area contributed by atoms with E-state index in [1.165, 1.54) is 6.92 Å². The summed E-state index contributed by atoms with van der Waals surface area (Å²) in [6, 6.07) is 0.770. The van der Waals surface area contributed by atoms with E-state index < -0.39 is 51.9 Å². The predicted octanol–water partition coefficient (Wildman–Crippen LogP) is 4.87. The highest BCUT2D eigenvalue weighted by atomic mass is 19.4. The second-order valence-corrected chi connectivity index (χ2v) is 14.6. The average molecular weight is 677 g/mol. The van der Waals surface area contributed by atoms with Crippen LogP contribution in [0.3, 0.4) is 0 Å². The van der Waals surface area contributed by atoms with Gasteiger partial charge in [0, 0.05) is 31.6 Å². The molecule has 3 N–H and O–H groups in total. The van der Waals surface area contributed by atoms with Crippen molar-refractivity contribution >= 4 is 22.5 Å². The molecule has 256 valence electrons.